The van der Waals surface area contributed by atoms with E-state index in [1.165, 1.54) is 86.6 Å². The molecule has 0 saturated heterocycles. The highest BCUT2D eigenvalue weighted by molar-refractivity contribution is 7.18. The highest BCUT2D eigenvalue weighted by atomic mass is 32.1. The Morgan fingerprint density at radius 3 is 1.47 bits per heavy atom. The SMILES string of the molecule is C(=Cc1ccc2cc(-c3c4ccccc4c(-c4cccc(-c5ccc(-c6ccccc6)s5)c4)c4ccccc34)ccc2c1)c1ccccc1. The first-order valence-electron chi connectivity index (χ1n) is 16.8. The Morgan fingerprint density at radius 2 is 0.796 bits per heavy atom. The summed E-state index contributed by atoms with van der Waals surface area (Å²) in [6.45, 7) is 0. The Bertz CT molecular complexity index is 2580. The van der Waals surface area contributed by atoms with E-state index in [1.807, 2.05) is 11.3 Å². The van der Waals surface area contributed by atoms with E-state index in [2.05, 4.69) is 194 Å². The Morgan fingerprint density at radius 1 is 0.306 bits per heavy atom. The van der Waals surface area contributed by atoms with Crippen LogP contribution >= 0.6 is 11.3 Å². The zero-order valence-electron chi connectivity index (χ0n) is 26.9. The molecule has 9 aromatic rings. The molecule has 0 spiro atoms. The summed E-state index contributed by atoms with van der Waals surface area (Å²) < 4.78 is 0. The van der Waals surface area contributed by atoms with E-state index >= 15 is 0 Å². The maximum absolute atomic E-state index is 2.37. The molecular weight excluding hydrogens is 609 g/mol. The van der Waals surface area contributed by atoms with Crippen molar-refractivity contribution in [3.05, 3.63) is 193 Å². The molecule has 0 aliphatic heterocycles. The first-order valence-corrected chi connectivity index (χ1v) is 17.6. The molecule has 0 unspecified atom stereocenters. The van der Waals surface area contributed by atoms with Gasteiger partial charge >= 0.3 is 0 Å². The number of fused-ring (bicyclic) bond motifs is 3. The molecule has 230 valence electrons. The molecule has 1 heteroatoms. The maximum Gasteiger partial charge on any atom is 0.0349 e. The second-order valence-corrected chi connectivity index (χ2v) is 13.6. The van der Waals surface area contributed by atoms with Gasteiger partial charge < -0.3 is 0 Å². The fourth-order valence-corrected chi connectivity index (χ4v) is 8.12. The van der Waals surface area contributed by atoms with Crippen molar-refractivity contribution in [2.24, 2.45) is 0 Å². The third-order valence-corrected chi connectivity index (χ3v) is 10.6. The zero-order valence-corrected chi connectivity index (χ0v) is 27.7. The van der Waals surface area contributed by atoms with Gasteiger partial charge in [-0.15, -0.1) is 11.3 Å². The van der Waals surface area contributed by atoms with Gasteiger partial charge in [-0.1, -0.05) is 164 Å². The van der Waals surface area contributed by atoms with Gasteiger partial charge in [0.2, 0.25) is 0 Å². The molecule has 8 aromatic carbocycles. The number of benzene rings is 8. The molecule has 1 heterocycles. The van der Waals surface area contributed by atoms with Crippen LogP contribution in [0, 0.1) is 0 Å². The maximum atomic E-state index is 2.37. The van der Waals surface area contributed by atoms with E-state index in [0.717, 1.165) is 0 Å². The number of thiophene rings is 1. The quantitative estimate of drug-likeness (QED) is 0.125. The van der Waals surface area contributed by atoms with Crippen molar-refractivity contribution >= 4 is 55.8 Å². The summed E-state index contributed by atoms with van der Waals surface area (Å²) in [6.07, 6.45) is 4.37. The average Bonchev–Trinajstić information content (AvgIpc) is 3.67. The van der Waals surface area contributed by atoms with Crippen LogP contribution in [0.5, 0.6) is 0 Å². The summed E-state index contributed by atoms with van der Waals surface area (Å²) >= 11 is 1.85. The minimum atomic E-state index is 1.20. The fourth-order valence-electron chi connectivity index (χ4n) is 7.11. The van der Waals surface area contributed by atoms with Gasteiger partial charge in [-0.05, 0) is 107 Å². The summed E-state index contributed by atoms with van der Waals surface area (Å²) in [7, 11) is 0. The van der Waals surface area contributed by atoms with Gasteiger partial charge in [0.1, 0.15) is 0 Å². The fraction of sp³-hybridized carbons (Fsp3) is 0. The smallest absolute Gasteiger partial charge is 0.0349 e. The summed E-state index contributed by atoms with van der Waals surface area (Å²) in [5, 5.41) is 7.56. The minimum absolute atomic E-state index is 1.20. The van der Waals surface area contributed by atoms with Crippen molar-refractivity contribution in [2.45, 2.75) is 0 Å². The predicted octanol–water partition coefficient (Wildman–Crippen LogP) is 14.0. The molecule has 0 bridgehead atoms. The lowest BCUT2D eigenvalue weighted by molar-refractivity contribution is 1.65. The molecule has 0 radical (unpaired) electrons. The average molecular weight is 641 g/mol. The third kappa shape index (κ3) is 5.55. The van der Waals surface area contributed by atoms with Crippen LogP contribution < -0.4 is 0 Å². The molecule has 49 heavy (non-hydrogen) atoms. The highest BCUT2D eigenvalue weighted by Gasteiger charge is 2.17. The molecule has 0 amide bonds. The lowest BCUT2D eigenvalue weighted by Gasteiger charge is -2.18. The van der Waals surface area contributed by atoms with Gasteiger partial charge in [-0.2, -0.15) is 0 Å². The van der Waals surface area contributed by atoms with Crippen molar-refractivity contribution in [1.82, 2.24) is 0 Å². The monoisotopic (exact) mass is 640 g/mol. The molecule has 0 fully saturated rings. The van der Waals surface area contributed by atoms with Crippen LogP contribution in [-0.4, -0.2) is 0 Å². The molecule has 0 aliphatic carbocycles. The van der Waals surface area contributed by atoms with Crippen LogP contribution in [0.1, 0.15) is 11.1 Å². The Labute approximate surface area is 290 Å². The second-order valence-electron chi connectivity index (χ2n) is 12.5. The zero-order chi connectivity index (χ0) is 32.6. The second kappa shape index (κ2) is 12.5. The topological polar surface area (TPSA) is 0 Å². The van der Waals surface area contributed by atoms with Gasteiger partial charge in [0, 0.05) is 9.75 Å². The van der Waals surface area contributed by atoms with Crippen molar-refractivity contribution in [3.63, 3.8) is 0 Å². The van der Waals surface area contributed by atoms with Gasteiger partial charge in [-0.3, -0.25) is 0 Å². The first-order chi connectivity index (χ1) is 24.3. The standard InChI is InChI=1S/C48H32S/c1-3-12-33(13-4-1)22-23-34-24-25-37-31-40(27-26-36(37)30-34)48-43-20-9-7-18-41(43)47(42-19-8-10-21-44(42)48)39-17-11-16-38(32-39)46-29-28-45(49-46)35-14-5-2-6-15-35/h1-32H. The van der Waals surface area contributed by atoms with Gasteiger partial charge in [-0.25, -0.2) is 0 Å². The predicted molar refractivity (Wildman–Crippen MR) is 214 cm³/mol. The molecule has 0 atom stereocenters. The number of hydrogen-bond acceptors (Lipinski definition) is 1. The Balaban J connectivity index is 1.16. The molecule has 0 aliphatic rings. The molecular formula is C48H32S. The van der Waals surface area contributed by atoms with Gasteiger partial charge in [0.15, 0.2) is 0 Å². The van der Waals surface area contributed by atoms with Crippen LogP contribution in [0.2, 0.25) is 0 Å². The summed E-state index contributed by atoms with van der Waals surface area (Å²) in [5.41, 5.74) is 9.95. The first kappa shape index (κ1) is 29.1. The summed E-state index contributed by atoms with van der Waals surface area (Å²) in [6, 6.07) is 66.2. The van der Waals surface area contributed by atoms with Gasteiger partial charge in [0.25, 0.3) is 0 Å². The van der Waals surface area contributed by atoms with Crippen LogP contribution in [0.25, 0.3) is 87.6 Å². The minimum Gasteiger partial charge on any atom is -0.135 e. The number of rotatable bonds is 6. The van der Waals surface area contributed by atoms with E-state index in [0.29, 0.717) is 0 Å². The van der Waals surface area contributed by atoms with Crippen molar-refractivity contribution < 1.29 is 0 Å². The van der Waals surface area contributed by atoms with Crippen LogP contribution in [0.3, 0.4) is 0 Å². The largest absolute Gasteiger partial charge is 0.135 e. The molecule has 0 saturated carbocycles. The van der Waals surface area contributed by atoms with Crippen LogP contribution in [0.4, 0.5) is 0 Å². The molecule has 0 N–H and O–H groups in total. The van der Waals surface area contributed by atoms with Gasteiger partial charge in [0.05, 0.1) is 0 Å². The lowest BCUT2D eigenvalue weighted by atomic mass is 9.85. The van der Waals surface area contributed by atoms with Crippen LogP contribution in [-0.2, 0) is 0 Å². The van der Waals surface area contributed by atoms with E-state index in [4.69, 9.17) is 0 Å². The van der Waals surface area contributed by atoms with Crippen molar-refractivity contribution in [1.29, 1.82) is 0 Å². The Kier molecular flexibility index (Phi) is 7.46. The Hall–Kier alpha value is -6.02. The van der Waals surface area contributed by atoms with Crippen molar-refractivity contribution in [2.75, 3.05) is 0 Å². The third-order valence-electron chi connectivity index (χ3n) is 9.45. The van der Waals surface area contributed by atoms with E-state index in [-0.39, 0.29) is 0 Å². The lowest BCUT2D eigenvalue weighted by Crippen LogP contribution is -1.91. The summed E-state index contributed by atoms with van der Waals surface area (Å²) in [5.74, 6) is 0. The number of hydrogen-bond donors (Lipinski definition) is 0. The highest BCUT2D eigenvalue weighted by Crippen LogP contribution is 2.45. The van der Waals surface area contributed by atoms with E-state index in [9.17, 15) is 0 Å². The van der Waals surface area contributed by atoms with Crippen molar-refractivity contribution in [3.8, 4) is 43.1 Å². The summed E-state index contributed by atoms with van der Waals surface area (Å²) in [4.78, 5) is 2.57. The normalized spacial score (nSPS) is 11.6. The molecule has 9 rings (SSSR count). The molecule has 1 aromatic heterocycles. The van der Waals surface area contributed by atoms with E-state index < -0.39 is 0 Å². The van der Waals surface area contributed by atoms with Crippen LogP contribution in [0.15, 0.2) is 182 Å². The molecule has 0 nitrogen and oxygen atoms in total. The van der Waals surface area contributed by atoms with E-state index in [1.54, 1.807) is 0 Å².